The Bertz CT molecular complexity index is 309. The molecule has 0 spiro atoms. The van der Waals surface area contributed by atoms with Crippen molar-refractivity contribution in [2.75, 3.05) is 0 Å². The Morgan fingerprint density at radius 2 is 2.42 bits per heavy atom. The Labute approximate surface area is 70.1 Å². The van der Waals surface area contributed by atoms with E-state index in [0.29, 0.717) is 11.9 Å². The van der Waals surface area contributed by atoms with Crippen LogP contribution < -0.4 is 11.6 Å². The number of hydrogen-bond donors (Lipinski definition) is 2. The van der Waals surface area contributed by atoms with Crippen molar-refractivity contribution in [3.63, 3.8) is 0 Å². The Hall–Kier alpha value is -1.52. The molecule has 1 aliphatic rings. The normalized spacial score (nSPS) is 18.2. The Balaban J connectivity index is 2.35. The molecule has 0 unspecified atom stereocenters. The highest BCUT2D eigenvalue weighted by Gasteiger charge is 2.25. The molecule has 4 N–H and O–H groups in total. The number of nitrogens with two attached hydrogens (primary N) is 2. The maximum Gasteiger partial charge on any atom is 0.168 e. The molecule has 0 aromatic carbocycles. The quantitative estimate of drug-likeness (QED) is 0.275. The van der Waals surface area contributed by atoms with Gasteiger partial charge in [0.05, 0.1) is 12.5 Å². The van der Waals surface area contributed by atoms with Crippen LogP contribution in [0.25, 0.3) is 0 Å². The lowest BCUT2D eigenvalue weighted by Gasteiger charge is -2.03. The average molecular weight is 165 g/mol. The van der Waals surface area contributed by atoms with Gasteiger partial charge in [0.1, 0.15) is 5.69 Å². The van der Waals surface area contributed by atoms with Crippen molar-refractivity contribution in [1.82, 2.24) is 9.55 Å². The summed E-state index contributed by atoms with van der Waals surface area (Å²) in [6.07, 6.45) is 5.84. The lowest BCUT2D eigenvalue weighted by molar-refractivity contribution is 0.732. The Kier molecular flexibility index (Phi) is 1.49. The first-order chi connectivity index (χ1) is 5.83. The Morgan fingerprint density at radius 1 is 1.67 bits per heavy atom. The summed E-state index contributed by atoms with van der Waals surface area (Å²) in [6, 6.07) is 0.558. The molecular weight excluding hydrogens is 154 g/mol. The van der Waals surface area contributed by atoms with Crippen molar-refractivity contribution in [1.29, 1.82) is 0 Å². The fourth-order valence-corrected chi connectivity index (χ4v) is 1.21. The maximum absolute atomic E-state index is 5.57. The van der Waals surface area contributed by atoms with Crippen molar-refractivity contribution >= 4 is 5.84 Å². The van der Waals surface area contributed by atoms with E-state index in [1.54, 1.807) is 12.5 Å². The molecule has 0 saturated heterocycles. The van der Waals surface area contributed by atoms with Crippen LogP contribution in [0, 0.1) is 0 Å². The van der Waals surface area contributed by atoms with Gasteiger partial charge in [-0.3, -0.25) is 0 Å². The zero-order valence-corrected chi connectivity index (χ0v) is 6.64. The molecule has 2 rings (SSSR count). The van der Waals surface area contributed by atoms with Crippen molar-refractivity contribution < 1.29 is 0 Å². The topological polar surface area (TPSA) is 82.2 Å². The van der Waals surface area contributed by atoms with Crippen LogP contribution in [-0.4, -0.2) is 15.4 Å². The standard InChI is InChI=1S/C7H11N5/c8-7(11-9)6-3-10-4-12(6)5-1-2-5/h3-5H,1-2,9H2,(H2,8,11). The lowest BCUT2D eigenvalue weighted by Crippen LogP contribution is -2.19. The van der Waals surface area contributed by atoms with Crippen LogP contribution in [0.15, 0.2) is 17.6 Å². The summed E-state index contributed by atoms with van der Waals surface area (Å²) in [6.45, 7) is 0. The van der Waals surface area contributed by atoms with Crippen molar-refractivity contribution in [2.24, 2.45) is 16.7 Å². The number of hydrazone groups is 1. The third-order valence-electron chi connectivity index (χ3n) is 2.01. The number of amidine groups is 1. The number of imidazole rings is 1. The molecule has 0 radical (unpaired) electrons. The van der Waals surface area contributed by atoms with Crippen LogP contribution in [0.5, 0.6) is 0 Å². The van der Waals surface area contributed by atoms with Gasteiger partial charge in [0.25, 0.3) is 0 Å². The van der Waals surface area contributed by atoms with Crippen molar-refractivity contribution in [3.8, 4) is 0 Å². The van der Waals surface area contributed by atoms with Gasteiger partial charge in [-0.1, -0.05) is 0 Å². The second-order valence-corrected chi connectivity index (χ2v) is 2.93. The molecule has 5 heteroatoms. The van der Waals surface area contributed by atoms with Crippen LogP contribution in [-0.2, 0) is 0 Å². The van der Waals surface area contributed by atoms with Crippen LogP contribution in [0.2, 0.25) is 0 Å². The highest BCUT2D eigenvalue weighted by molar-refractivity contribution is 5.95. The molecular formula is C7H11N5. The van der Waals surface area contributed by atoms with Gasteiger partial charge in [0, 0.05) is 6.04 Å². The summed E-state index contributed by atoms with van der Waals surface area (Å²) >= 11 is 0. The smallest absolute Gasteiger partial charge is 0.168 e. The van der Waals surface area contributed by atoms with Gasteiger partial charge in [0.15, 0.2) is 5.84 Å². The molecule has 1 aromatic heterocycles. The van der Waals surface area contributed by atoms with Crippen LogP contribution in [0.3, 0.4) is 0 Å². The fraction of sp³-hybridized carbons (Fsp3) is 0.429. The number of rotatable bonds is 2. The highest BCUT2D eigenvalue weighted by Crippen LogP contribution is 2.35. The molecule has 1 fully saturated rings. The molecule has 5 nitrogen and oxygen atoms in total. The zero-order valence-electron chi connectivity index (χ0n) is 6.64. The molecule has 0 aliphatic heterocycles. The third-order valence-corrected chi connectivity index (χ3v) is 2.01. The van der Waals surface area contributed by atoms with E-state index in [2.05, 4.69) is 10.1 Å². The van der Waals surface area contributed by atoms with Gasteiger partial charge < -0.3 is 16.1 Å². The highest BCUT2D eigenvalue weighted by atomic mass is 15.2. The first-order valence-electron chi connectivity index (χ1n) is 3.88. The number of aromatic nitrogens is 2. The van der Waals surface area contributed by atoms with Crippen molar-refractivity contribution in [3.05, 3.63) is 18.2 Å². The van der Waals surface area contributed by atoms with Gasteiger partial charge in [0.2, 0.25) is 0 Å². The van der Waals surface area contributed by atoms with E-state index in [4.69, 9.17) is 11.6 Å². The van der Waals surface area contributed by atoms with Gasteiger partial charge in [-0.05, 0) is 12.8 Å². The second kappa shape index (κ2) is 2.51. The lowest BCUT2D eigenvalue weighted by atomic mass is 10.4. The van der Waals surface area contributed by atoms with E-state index in [1.165, 1.54) is 12.8 Å². The predicted molar refractivity (Wildman–Crippen MR) is 45.4 cm³/mol. The summed E-state index contributed by atoms with van der Waals surface area (Å²) in [5.74, 6) is 5.42. The molecule has 12 heavy (non-hydrogen) atoms. The second-order valence-electron chi connectivity index (χ2n) is 2.93. The van der Waals surface area contributed by atoms with E-state index in [1.807, 2.05) is 4.57 Å². The first kappa shape index (κ1) is 7.15. The van der Waals surface area contributed by atoms with Crippen LogP contribution >= 0.6 is 0 Å². The number of nitrogens with zero attached hydrogens (tertiary/aromatic N) is 3. The van der Waals surface area contributed by atoms with Crippen molar-refractivity contribution in [2.45, 2.75) is 18.9 Å². The summed E-state index contributed by atoms with van der Waals surface area (Å²) in [5, 5.41) is 3.44. The SMILES string of the molecule is NN=C(N)c1cncn1C1CC1. The average Bonchev–Trinajstić information content (AvgIpc) is 2.83. The fourth-order valence-electron chi connectivity index (χ4n) is 1.21. The predicted octanol–water partition coefficient (Wildman–Crippen LogP) is -0.203. The first-order valence-corrected chi connectivity index (χ1v) is 3.88. The van der Waals surface area contributed by atoms with E-state index in [0.717, 1.165) is 5.69 Å². The minimum absolute atomic E-state index is 0.347. The van der Waals surface area contributed by atoms with E-state index in [-0.39, 0.29) is 0 Å². The van der Waals surface area contributed by atoms with E-state index in [9.17, 15) is 0 Å². The van der Waals surface area contributed by atoms with Crippen LogP contribution in [0.4, 0.5) is 0 Å². The summed E-state index contributed by atoms with van der Waals surface area (Å²) in [7, 11) is 0. The third kappa shape index (κ3) is 1.03. The molecule has 64 valence electrons. The Morgan fingerprint density at radius 3 is 3.00 bits per heavy atom. The molecule has 1 aromatic rings. The van der Waals surface area contributed by atoms with Crippen LogP contribution in [0.1, 0.15) is 24.6 Å². The minimum atomic E-state index is 0.347. The summed E-state index contributed by atoms with van der Waals surface area (Å²) in [4.78, 5) is 4.00. The molecule has 1 aliphatic carbocycles. The van der Waals surface area contributed by atoms with E-state index >= 15 is 0 Å². The monoisotopic (exact) mass is 165 g/mol. The molecule has 1 saturated carbocycles. The van der Waals surface area contributed by atoms with Gasteiger partial charge in [-0.15, -0.1) is 0 Å². The van der Waals surface area contributed by atoms with Gasteiger partial charge in [-0.2, -0.15) is 5.10 Å². The van der Waals surface area contributed by atoms with E-state index < -0.39 is 0 Å². The largest absolute Gasteiger partial charge is 0.381 e. The van der Waals surface area contributed by atoms with Gasteiger partial charge in [-0.25, -0.2) is 4.98 Å². The molecule has 1 heterocycles. The van der Waals surface area contributed by atoms with Gasteiger partial charge >= 0.3 is 0 Å². The minimum Gasteiger partial charge on any atom is -0.381 e. The molecule has 0 bridgehead atoms. The molecule has 0 atom stereocenters. The zero-order chi connectivity index (χ0) is 8.55. The molecule has 0 amide bonds. The summed E-state index contributed by atoms with van der Waals surface area (Å²) < 4.78 is 2.02. The number of hydrogen-bond acceptors (Lipinski definition) is 3. The summed E-state index contributed by atoms with van der Waals surface area (Å²) in [5.41, 5.74) is 6.39. The maximum atomic E-state index is 5.57.